The molecule has 27 heavy (non-hydrogen) atoms. The van der Waals surface area contributed by atoms with E-state index in [9.17, 15) is 14.0 Å². The Labute approximate surface area is 160 Å². The molecular formula is C21H28FN3O2. The maximum atomic E-state index is 14.0. The third-order valence-corrected chi connectivity index (χ3v) is 6.36. The van der Waals surface area contributed by atoms with E-state index in [1.165, 1.54) is 43.1 Å². The van der Waals surface area contributed by atoms with Gasteiger partial charge in [-0.05, 0) is 18.9 Å². The van der Waals surface area contributed by atoms with Crippen LogP contribution in [-0.2, 0) is 9.59 Å². The Bertz CT molecular complexity index is 696. The molecule has 3 aliphatic rings. The van der Waals surface area contributed by atoms with Crippen molar-refractivity contribution in [3.63, 3.8) is 0 Å². The van der Waals surface area contributed by atoms with Gasteiger partial charge in [-0.3, -0.25) is 24.3 Å². The van der Waals surface area contributed by atoms with Gasteiger partial charge in [0.25, 0.3) is 0 Å². The van der Waals surface area contributed by atoms with E-state index in [4.69, 9.17) is 0 Å². The Morgan fingerprint density at radius 2 is 1.67 bits per heavy atom. The molecule has 0 radical (unpaired) electrons. The lowest BCUT2D eigenvalue weighted by molar-refractivity contribution is -0.141. The maximum Gasteiger partial charge on any atom is 0.238 e. The summed E-state index contributed by atoms with van der Waals surface area (Å²) in [4.78, 5) is 31.2. The van der Waals surface area contributed by atoms with Crippen LogP contribution in [0.2, 0.25) is 0 Å². The van der Waals surface area contributed by atoms with Gasteiger partial charge in [0.2, 0.25) is 11.8 Å². The highest BCUT2D eigenvalue weighted by molar-refractivity contribution is 6.06. The van der Waals surface area contributed by atoms with Crippen LogP contribution in [-0.4, -0.2) is 65.4 Å². The molecule has 2 amide bonds. The summed E-state index contributed by atoms with van der Waals surface area (Å²) >= 11 is 0. The Hall–Kier alpha value is -1.79. The monoisotopic (exact) mass is 373 g/mol. The zero-order valence-corrected chi connectivity index (χ0v) is 15.8. The van der Waals surface area contributed by atoms with Gasteiger partial charge >= 0.3 is 0 Å². The molecule has 4 rings (SSSR count). The molecule has 2 saturated heterocycles. The number of halogens is 1. The van der Waals surface area contributed by atoms with Crippen molar-refractivity contribution >= 4 is 11.8 Å². The fraction of sp³-hybridized carbons (Fsp3) is 0.619. The summed E-state index contributed by atoms with van der Waals surface area (Å²) in [6.45, 7) is 4.08. The zero-order valence-electron chi connectivity index (χ0n) is 15.8. The third-order valence-electron chi connectivity index (χ3n) is 6.36. The molecule has 2 aliphatic heterocycles. The number of nitrogens with zero attached hydrogens (tertiary/aromatic N) is 3. The molecule has 0 aromatic heterocycles. The van der Waals surface area contributed by atoms with Crippen LogP contribution in [0.25, 0.3) is 0 Å². The van der Waals surface area contributed by atoms with E-state index in [2.05, 4.69) is 9.80 Å². The SMILES string of the molecule is O=C1CC(c2ccccc2F)C(=O)N1CN1CCN(C2CCCCC2)CC1. The second-order valence-corrected chi connectivity index (χ2v) is 8.03. The lowest BCUT2D eigenvalue weighted by atomic mass is 9.94. The van der Waals surface area contributed by atoms with E-state index in [0.717, 1.165) is 26.2 Å². The van der Waals surface area contributed by atoms with Gasteiger partial charge in [0.1, 0.15) is 5.82 Å². The van der Waals surface area contributed by atoms with E-state index in [1.54, 1.807) is 18.2 Å². The first kappa shape index (κ1) is 18.6. The first-order chi connectivity index (χ1) is 13.1. The van der Waals surface area contributed by atoms with Crippen molar-refractivity contribution in [1.82, 2.24) is 14.7 Å². The van der Waals surface area contributed by atoms with Gasteiger partial charge in [0.15, 0.2) is 0 Å². The van der Waals surface area contributed by atoms with Gasteiger partial charge in [-0.25, -0.2) is 4.39 Å². The molecule has 5 nitrogen and oxygen atoms in total. The topological polar surface area (TPSA) is 43.9 Å². The van der Waals surface area contributed by atoms with Crippen molar-refractivity contribution in [2.45, 2.75) is 50.5 Å². The minimum Gasteiger partial charge on any atom is -0.298 e. The lowest BCUT2D eigenvalue weighted by Crippen LogP contribution is -2.53. The Morgan fingerprint density at radius 3 is 2.37 bits per heavy atom. The Kier molecular flexibility index (Phi) is 5.55. The molecule has 1 saturated carbocycles. The summed E-state index contributed by atoms with van der Waals surface area (Å²) in [5, 5.41) is 0. The number of hydrogen-bond donors (Lipinski definition) is 0. The van der Waals surface area contributed by atoms with Crippen LogP contribution in [0.1, 0.15) is 50.0 Å². The number of benzene rings is 1. The van der Waals surface area contributed by atoms with Crippen LogP contribution in [0.3, 0.4) is 0 Å². The summed E-state index contributed by atoms with van der Waals surface area (Å²) < 4.78 is 14.0. The molecule has 1 aliphatic carbocycles. The van der Waals surface area contributed by atoms with Crippen LogP contribution in [0, 0.1) is 5.82 Å². The van der Waals surface area contributed by atoms with E-state index >= 15 is 0 Å². The second-order valence-electron chi connectivity index (χ2n) is 8.03. The number of hydrogen-bond acceptors (Lipinski definition) is 4. The van der Waals surface area contributed by atoms with Gasteiger partial charge in [-0.2, -0.15) is 0 Å². The second kappa shape index (κ2) is 8.07. The van der Waals surface area contributed by atoms with E-state index in [0.29, 0.717) is 18.3 Å². The number of likely N-dealkylation sites (tertiary alicyclic amines) is 1. The van der Waals surface area contributed by atoms with Crippen molar-refractivity contribution in [3.8, 4) is 0 Å². The van der Waals surface area contributed by atoms with Crippen molar-refractivity contribution in [2.24, 2.45) is 0 Å². The molecule has 0 N–H and O–H groups in total. The first-order valence-corrected chi connectivity index (χ1v) is 10.2. The highest BCUT2D eigenvalue weighted by Gasteiger charge is 2.41. The van der Waals surface area contributed by atoms with Crippen LogP contribution < -0.4 is 0 Å². The molecule has 1 aromatic rings. The molecule has 146 valence electrons. The van der Waals surface area contributed by atoms with E-state index in [1.807, 2.05) is 0 Å². The minimum absolute atomic E-state index is 0.0712. The molecule has 0 spiro atoms. The van der Waals surface area contributed by atoms with Crippen molar-refractivity contribution < 1.29 is 14.0 Å². The quantitative estimate of drug-likeness (QED) is 0.761. The van der Waals surface area contributed by atoms with Crippen molar-refractivity contribution in [1.29, 1.82) is 0 Å². The molecule has 3 fully saturated rings. The average molecular weight is 373 g/mol. The van der Waals surface area contributed by atoms with Gasteiger partial charge in [-0.15, -0.1) is 0 Å². The fourth-order valence-electron chi connectivity index (χ4n) is 4.75. The van der Waals surface area contributed by atoms with Gasteiger partial charge < -0.3 is 0 Å². The zero-order chi connectivity index (χ0) is 18.8. The summed E-state index contributed by atoms with van der Waals surface area (Å²) in [6.07, 6.45) is 6.69. The fourth-order valence-corrected chi connectivity index (χ4v) is 4.75. The highest BCUT2D eigenvalue weighted by atomic mass is 19.1. The highest BCUT2D eigenvalue weighted by Crippen LogP contribution is 2.31. The molecule has 2 heterocycles. The molecule has 6 heteroatoms. The number of imide groups is 1. The van der Waals surface area contributed by atoms with Crippen LogP contribution in [0.15, 0.2) is 24.3 Å². The van der Waals surface area contributed by atoms with E-state index < -0.39 is 11.7 Å². The minimum atomic E-state index is -0.678. The summed E-state index contributed by atoms with van der Waals surface area (Å²) in [6, 6.07) is 6.98. The normalized spacial score (nSPS) is 26.1. The summed E-state index contributed by atoms with van der Waals surface area (Å²) in [5.74, 6) is -1.54. The molecule has 1 atom stereocenters. The molecule has 0 bridgehead atoms. The number of carbonyl (C=O) groups is 2. The Morgan fingerprint density at radius 1 is 0.963 bits per heavy atom. The summed E-state index contributed by atoms with van der Waals surface area (Å²) in [5.41, 5.74) is 0.334. The third kappa shape index (κ3) is 3.92. The van der Waals surface area contributed by atoms with Gasteiger partial charge in [-0.1, -0.05) is 37.5 Å². The van der Waals surface area contributed by atoms with Crippen LogP contribution in [0.5, 0.6) is 0 Å². The van der Waals surface area contributed by atoms with Gasteiger partial charge in [0.05, 0.1) is 12.6 Å². The standard InChI is InChI=1S/C21H28FN3O2/c22-19-9-5-4-8-17(19)18-14-20(26)25(21(18)27)15-23-10-12-24(13-11-23)16-6-2-1-3-7-16/h4-5,8-9,16,18H,1-3,6-7,10-15H2. The smallest absolute Gasteiger partial charge is 0.238 e. The van der Waals surface area contributed by atoms with E-state index in [-0.39, 0.29) is 18.2 Å². The maximum absolute atomic E-state index is 14.0. The van der Waals surface area contributed by atoms with Gasteiger partial charge in [0, 0.05) is 44.2 Å². The summed E-state index contributed by atoms with van der Waals surface area (Å²) in [7, 11) is 0. The number of carbonyl (C=O) groups excluding carboxylic acids is 2. The lowest BCUT2D eigenvalue weighted by Gasteiger charge is -2.41. The van der Waals surface area contributed by atoms with Crippen molar-refractivity contribution in [3.05, 3.63) is 35.6 Å². The number of piperazine rings is 1. The predicted molar refractivity (Wildman–Crippen MR) is 100 cm³/mol. The predicted octanol–water partition coefficient (Wildman–Crippen LogP) is 2.58. The Balaban J connectivity index is 1.34. The van der Waals surface area contributed by atoms with Crippen LogP contribution >= 0.6 is 0 Å². The van der Waals surface area contributed by atoms with Crippen molar-refractivity contribution in [2.75, 3.05) is 32.8 Å². The first-order valence-electron chi connectivity index (χ1n) is 10.2. The number of rotatable bonds is 4. The molecule has 1 aromatic carbocycles. The molecular weight excluding hydrogens is 345 g/mol. The average Bonchev–Trinajstić information content (AvgIpc) is 2.98. The largest absolute Gasteiger partial charge is 0.298 e. The molecule has 1 unspecified atom stereocenters. The number of amides is 2. The van der Waals surface area contributed by atoms with Crippen LogP contribution in [0.4, 0.5) is 4.39 Å².